The second-order valence-electron chi connectivity index (χ2n) is 3.44. The first-order valence-corrected chi connectivity index (χ1v) is 4.70. The van der Waals surface area contributed by atoms with Crippen molar-refractivity contribution in [3.8, 4) is 0 Å². The van der Waals surface area contributed by atoms with E-state index >= 15 is 0 Å². The summed E-state index contributed by atoms with van der Waals surface area (Å²) in [4.78, 5) is 13.1. The van der Waals surface area contributed by atoms with Gasteiger partial charge in [0.25, 0.3) is 0 Å². The molecule has 0 bridgehead atoms. The van der Waals surface area contributed by atoms with Crippen LogP contribution in [-0.4, -0.2) is 29.2 Å². The van der Waals surface area contributed by atoms with Crippen molar-refractivity contribution in [2.75, 3.05) is 13.1 Å². The predicted molar refractivity (Wildman–Crippen MR) is 49.7 cm³/mol. The zero-order chi connectivity index (χ0) is 9.97. The molecular formula is C9H13N3O2. The van der Waals surface area contributed by atoms with E-state index in [0.717, 1.165) is 31.0 Å². The van der Waals surface area contributed by atoms with E-state index in [4.69, 9.17) is 4.52 Å². The lowest BCUT2D eigenvalue weighted by atomic mass is 10.3. The third-order valence-corrected chi connectivity index (χ3v) is 2.20. The van der Waals surface area contributed by atoms with Crippen LogP contribution in [0.2, 0.25) is 0 Å². The molecule has 0 aromatic carbocycles. The SMILES string of the molecule is Cc1cc(CN2CCCNC2=O)no1. The summed E-state index contributed by atoms with van der Waals surface area (Å²) < 4.78 is 4.93. The van der Waals surface area contributed by atoms with Gasteiger partial charge in [-0.05, 0) is 13.3 Å². The second kappa shape index (κ2) is 3.69. The maximum atomic E-state index is 11.4. The monoisotopic (exact) mass is 195 g/mol. The minimum atomic E-state index is -0.0168. The van der Waals surface area contributed by atoms with Gasteiger partial charge in [-0.1, -0.05) is 5.16 Å². The number of hydrogen-bond donors (Lipinski definition) is 1. The molecule has 1 fully saturated rings. The number of aromatic nitrogens is 1. The number of aryl methyl sites for hydroxylation is 1. The molecule has 2 heterocycles. The molecule has 1 N–H and O–H groups in total. The molecule has 5 heteroatoms. The van der Waals surface area contributed by atoms with Crippen LogP contribution in [0, 0.1) is 6.92 Å². The maximum Gasteiger partial charge on any atom is 0.317 e. The molecule has 1 aliphatic heterocycles. The Bertz CT molecular complexity index is 335. The van der Waals surface area contributed by atoms with Gasteiger partial charge in [-0.25, -0.2) is 4.79 Å². The molecule has 2 rings (SSSR count). The summed E-state index contributed by atoms with van der Waals surface area (Å²) in [5.74, 6) is 0.775. The molecule has 14 heavy (non-hydrogen) atoms. The van der Waals surface area contributed by atoms with Crippen LogP contribution in [0.15, 0.2) is 10.6 Å². The molecule has 1 saturated heterocycles. The molecule has 5 nitrogen and oxygen atoms in total. The molecule has 76 valence electrons. The van der Waals surface area contributed by atoms with Gasteiger partial charge in [0.05, 0.1) is 6.54 Å². The molecule has 1 aliphatic rings. The van der Waals surface area contributed by atoms with E-state index in [1.165, 1.54) is 0 Å². The third kappa shape index (κ3) is 1.86. The Morgan fingerprint density at radius 2 is 2.57 bits per heavy atom. The van der Waals surface area contributed by atoms with Gasteiger partial charge in [0.15, 0.2) is 0 Å². The highest BCUT2D eigenvalue weighted by atomic mass is 16.5. The normalized spacial score (nSPS) is 16.9. The Morgan fingerprint density at radius 3 is 3.21 bits per heavy atom. The van der Waals surface area contributed by atoms with Crippen molar-refractivity contribution in [2.45, 2.75) is 19.9 Å². The fourth-order valence-electron chi connectivity index (χ4n) is 1.52. The number of carbonyl (C=O) groups excluding carboxylic acids is 1. The Morgan fingerprint density at radius 1 is 1.71 bits per heavy atom. The van der Waals surface area contributed by atoms with E-state index in [9.17, 15) is 4.79 Å². The van der Waals surface area contributed by atoms with E-state index < -0.39 is 0 Å². The average molecular weight is 195 g/mol. The number of urea groups is 1. The number of amides is 2. The average Bonchev–Trinajstić information content (AvgIpc) is 2.56. The zero-order valence-electron chi connectivity index (χ0n) is 8.12. The number of hydrogen-bond acceptors (Lipinski definition) is 3. The van der Waals surface area contributed by atoms with Crippen LogP contribution in [0.5, 0.6) is 0 Å². The second-order valence-corrected chi connectivity index (χ2v) is 3.44. The quantitative estimate of drug-likeness (QED) is 0.762. The highest BCUT2D eigenvalue weighted by molar-refractivity contribution is 5.74. The zero-order valence-corrected chi connectivity index (χ0v) is 8.12. The van der Waals surface area contributed by atoms with Gasteiger partial charge in [0, 0.05) is 19.2 Å². The minimum Gasteiger partial charge on any atom is -0.361 e. The Balaban J connectivity index is 1.99. The molecule has 0 saturated carbocycles. The standard InChI is InChI=1S/C9H13N3O2/c1-7-5-8(11-14-7)6-12-4-2-3-10-9(12)13/h5H,2-4,6H2,1H3,(H,10,13). The van der Waals surface area contributed by atoms with Crippen LogP contribution < -0.4 is 5.32 Å². The minimum absolute atomic E-state index is 0.0168. The van der Waals surface area contributed by atoms with Crippen molar-refractivity contribution >= 4 is 6.03 Å². The fraction of sp³-hybridized carbons (Fsp3) is 0.556. The van der Waals surface area contributed by atoms with Crippen molar-refractivity contribution in [3.63, 3.8) is 0 Å². The topological polar surface area (TPSA) is 58.4 Å². The van der Waals surface area contributed by atoms with E-state index in [1.807, 2.05) is 13.0 Å². The summed E-state index contributed by atoms with van der Waals surface area (Å²) >= 11 is 0. The fourth-order valence-corrected chi connectivity index (χ4v) is 1.52. The third-order valence-electron chi connectivity index (χ3n) is 2.20. The first kappa shape index (κ1) is 9.05. The van der Waals surface area contributed by atoms with Crippen LogP contribution in [0.25, 0.3) is 0 Å². The molecule has 0 spiro atoms. The summed E-state index contributed by atoms with van der Waals surface area (Å²) in [6.07, 6.45) is 0.989. The van der Waals surface area contributed by atoms with Gasteiger partial charge < -0.3 is 14.7 Å². The summed E-state index contributed by atoms with van der Waals surface area (Å²) in [7, 11) is 0. The predicted octanol–water partition coefficient (Wildman–Crippen LogP) is 0.898. The highest BCUT2D eigenvalue weighted by Crippen LogP contribution is 2.08. The lowest BCUT2D eigenvalue weighted by Crippen LogP contribution is -2.45. The van der Waals surface area contributed by atoms with Crippen molar-refractivity contribution in [1.29, 1.82) is 0 Å². The van der Waals surface area contributed by atoms with Gasteiger partial charge >= 0.3 is 6.03 Å². The van der Waals surface area contributed by atoms with E-state index in [0.29, 0.717) is 6.54 Å². The molecule has 1 aromatic heterocycles. The van der Waals surface area contributed by atoms with Crippen LogP contribution in [-0.2, 0) is 6.54 Å². The molecule has 2 amide bonds. The number of nitrogens with one attached hydrogen (secondary N) is 1. The van der Waals surface area contributed by atoms with Crippen LogP contribution in [0.4, 0.5) is 4.79 Å². The smallest absolute Gasteiger partial charge is 0.317 e. The summed E-state index contributed by atoms with van der Waals surface area (Å²) in [6, 6.07) is 1.83. The van der Waals surface area contributed by atoms with Crippen LogP contribution in [0.1, 0.15) is 17.9 Å². The Kier molecular flexibility index (Phi) is 2.39. The molecule has 0 atom stereocenters. The molecule has 0 unspecified atom stereocenters. The lowest BCUT2D eigenvalue weighted by Gasteiger charge is -2.26. The first-order valence-electron chi connectivity index (χ1n) is 4.70. The molecule has 0 radical (unpaired) electrons. The lowest BCUT2D eigenvalue weighted by molar-refractivity contribution is 0.181. The van der Waals surface area contributed by atoms with Crippen LogP contribution >= 0.6 is 0 Å². The van der Waals surface area contributed by atoms with Gasteiger partial charge in [-0.2, -0.15) is 0 Å². The Hall–Kier alpha value is -1.52. The van der Waals surface area contributed by atoms with E-state index in [1.54, 1.807) is 4.90 Å². The van der Waals surface area contributed by atoms with E-state index in [2.05, 4.69) is 10.5 Å². The summed E-state index contributed by atoms with van der Waals surface area (Å²) in [5.41, 5.74) is 0.805. The van der Waals surface area contributed by atoms with Gasteiger partial charge in [0.2, 0.25) is 0 Å². The Labute approximate surface area is 82.1 Å². The van der Waals surface area contributed by atoms with Crippen molar-refractivity contribution in [1.82, 2.24) is 15.4 Å². The molecule has 0 aliphatic carbocycles. The largest absolute Gasteiger partial charge is 0.361 e. The summed E-state index contributed by atoms with van der Waals surface area (Å²) in [5, 5.41) is 6.64. The van der Waals surface area contributed by atoms with Gasteiger partial charge in [0.1, 0.15) is 11.5 Å². The van der Waals surface area contributed by atoms with Crippen molar-refractivity contribution < 1.29 is 9.32 Å². The number of nitrogens with zero attached hydrogens (tertiary/aromatic N) is 2. The van der Waals surface area contributed by atoms with Crippen molar-refractivity contribution in [3.05, 3.63) is 17.5 Å². The van der Waals surface area contributed by atoms with Crippen LogP contribution in [0.3, 0.4) is 0 Å². The summed E-state index contributed by atoms with van der Waals surface area (Å²) in [6.45, 7) is 3.93. The molecule has 1 aromatic rings. The van der Waals surface area contributed by atoms with E-state index in [-0.39, 0.29) is 6.03 Å². The number of carbonyl (C=O) groups is 1. The maximum absolute atomic E-state index is 11.4. The number of rotatable bonds is 2. The van der Waals surface area contributed by atoms with Gasteiger partial charge in [-0.3, -0.25) is 0 Å². The van der Waals surface area contributed by atoms with Gasteiger partial charge in [-0.15, -0.1) is 0 Å². The molecular weight excluding hydrogens is 182 g/mol. The first-order chi connectivity index (χ1) is 6.75. The van der Waals surface area contributed by atoms with Crippen molar-refractivity contribution in [2.24, 2.45) is 0 Å². The highest BCUT2D eigenvalue weighted by Gasteiger charge is 2.18.